The number of sulfonamides is 2. The summed E-state index contributed by atoms with van der Waals surface area (Å²) in [4.78, 5) is 50.9. The number of nitrogens with one attached hydrogen (secondary N) is 3. The molecule has 6 aromatic carbocycles. The Morgan fingerprint density at radius 1 is 0.424 bits per heavy atom. The molecule has 0 saturated heterocycles. The monoisotopic (exact) mass is 1930 g/mol. The molecule has 0 aliphatic carbocycles. The highest BCUT2D eigenvalue weighted by Crippen LogP contribution is 2.42. The van der Waals surface area contributed by atoms with E-state index in [2.05, 4.69) is 29.5 Å². The van der Waals surface area contributed by atoms with E-state index < -0.39 is 77.9 Å². The molecule has 0 spiro atoms. The Morgan fingerprint density at radius 2 is 0.752 bits per heavy atom. The number of halogens is 6. The van der Waals surface area contributed by atoms with E-state index in [1.165, 1.54) is 0 Å². The fourth-order valence-corrected chi connectivity index (χ4v) is 18.5. The maximum Gasteiger partial charge on any atom is 0.335 e. The van der Waals surface area contributed by atoms with Gasteiger partial charge >= 0.3 is 11.9 Å². The maximum absolute atomic E-state index is 13.0. The van der Waals surface area contributed by atoms with Crippen LogP contribution in [0.1, 0.15) is 101 Å². The van der Waals surface area contributed by atoms with Crippen LogP contribution in [0.15, 0.2) is 124 Å². The third kappa shape index (κ3) is 36.5. The molecule has 11 N–H and O–H groups in total. The normalized spacial score (nSPS) is 16.4. The van der Waals surface area contributed by atoms with Crippen molar-refractivity contribution < 1.29 is 118 Å². The van der Waals surface area contributed by atoms with Crippen LogP contribution in [-0.2, 0) is 111 Å². The zero-order valence-electron chi connectivity index (χ0n) is 70.4. The molecule has 1 amide bonds. The number of fused-ring (bicyclic) bond motifs is 3. The van der Waals surface area contributed by atoms with Gasteiger partial charge in [0.15, 0.2) is 33.9 Å². The van der Waals surface area contributed by atoms with E-state index in [4.69, 9.17) is 138 Å². The van der Waals surface area contributed by atoms with Crippen LogP contribution in [0, 0.1) is 0 Å². The van der Waals surface area contributed by atoms with Gasteiger partial charge in [-0.1, -0.05) is 106 Å². The van der Waals surface area contributed by atoms with Crippen molar-refractivity contribution in [3.63, 3.8) is 0 Å². The minimum atomic E-state index is -3.79. The van der Waals surface area contributed by atoms with Gasteiger partial charge in [0.05, 0.1) is 113 Å². The first-order valence-corrected chi connectivity index (χ1v) is 47.3. The van der Waals surface area contributed by atoms with Gasteiger partial charge in [-0.15, -0.1) is 0 Å². The molecule has 3 aliphatic heterocycles. The first-order valence-electron chi connectivity index (χ1n) is 40.4. The number of ether oxygens (including phenoxy) is 9. The molecule has 7 atom stereocenters. The predicted octanol–water partition coefficient (Wildman–Crippen LogP) is 7.65. The highest BCUT2D eigenvalue weighted by atomic mass is 35.5. The van der Waals surface area contributed by atoms with Crippen LogP contribution in [0.3, 0.4) is 0 Å². The molecule has 32 nitrogen and oxygen atoms in total. The number of hydrogen-bond acceptors (Lipinski definition) is 27. The van der Waals surface area contributed by atoms with E-state index >= 15 is 0 Å². The van der Waals surface area contributed by atoms with Crippen molar-refractivity contribution in [3.8, 4) is 0 Å². The number of hydrogen-bond donors (Lipinski definition) is 10. The summed E-state index contributed by atoms with van der Waals surface area (Å²) in [5, 5.41) is 58.5. The highest BCUT2D eigenvalue weighted by molar-refractivity contribution is 7.91. The zero-order chi connectivity index (χ0) is 91.8. The van der Waals surface area contributed by atoms with Crippen LogP contribution in [0.25, 0.3) is 0 Å². The van der Waals surface area contributed by atoms with E-state index in [0.717, 1.165) is 69.7 Å². The number of nitrogens with zero attached hydrogens (tertiary/aromatic N) is 3. The summed E-state index contributed by atoms with van der Waals surface area (Å²) < 4.78 is 130. The van der Waals surface area contributed by atoms with Crippen molar-refractivity contribution in [1.29, 1.82) is 0 Å². The lowest BCUT2D eigenvalue weighted by atomic mass is 9.85. The van der Waals surface area contributed by atoms with Gasteiger partial charge in [-0.3, -0.25) is 9.59 Å². The lowest BCUT2D eigenvalue weighted by molar-refractivity contribution is -0.165. The minimum absolute atomic E-state index is 0.0172. The first-order chi connectivity index (χ1) is 59.5. The van der Waals surface area contributed by atoms with E-state index in [1.807, 2.05) is 77.5 Å². The lowest BCUT2D eigenvalue weighted by Crippen LogP contribution is -2.46. The van der Waals surface area contributed by atoms with Gasteiger partial charge in [0.25, 0.3) is 5.91 Å². The molecule has 9 rings (SSSR count). The number of aliphatic hydroxyl groups is 4. The smallest absolute Gasteiger partial charge is 0.335 e. The summed E-state index contributed by atoms with van der Waals surface area (Å²) in [6, 6.07) is 32.1. The first kappa shape index (κ1) is 108. The van der Waals surface area contributed by atoms with Crippen molar-refractivity contribution in [2.45, 2.75) is 110 Å². The molecule has 0 fully saturated rings. The van der Waals surface area contributed by atoms with Crippen LogP contribution in [0.4, 0.5) is 0 Å². The number of carbonyl (C=O) groups excluding carboxylic acids is 2. The summed E-state index contributed by atoms with van der Waals surface area (Å²) in [7, 11) is -4.78. The molecule has 3 unspecified atom stereocenters. The average molecular weight is 1930 g/mol. The van der Waals surface area contributed by atoms with E-state index in [-0.39, 0.29) is 106 Å². The Balaban J connectivity index is 0.000000286. The second kappa shape index (κ2) is 56.1. The van der Waals surface area contributed by atoms with Crippen molar-refractivity contribution in [3.05, 3.63) is 189 Å². The predicted molar refractivity (Wildman–Crippen MR) is 475 cm³/mol. The van der Waals surface area contributed by atoms with Crippen molar-refractivity contribution in [1.82, 2.24) is 29.5 Å². The number of rotatable bonds is 50. The molecular weight excluding hydrogens is 1820 g/mol. The molecule has 0 aromatic heterocycles. The van der Waals surface area contributed by atoms with Crippen LogP contribution in [0.5, 0.6) is 0 Å². The number of likely N-dealkylation sites (N-methyl/N-ethyl adjacent to an activating group) is 3. The number of sulfone groups is 1. The molecule has 41 heteroatoms. The zero-order valence-corrected chi connectivity index (χ0v) is 77.4. The summed E-state index contributed by atoms with van der Waals surface area (Å²) in [6.07, 6.45) is -7.45. The molecule has 696 valence electrons. The molecule has 125 heavy (non-hydrogen) atoms. The van der Waals surface area contributed by atoms with Gasteiger partial charge in [-0.2, -0.15) is 0 Å². The third-order valence-electron chi connectivity index (χ3n) is 19.5. The Kier molecular flexibility index (Phi) is 48.4. The average Bonchev–Trinajstić information content (AvgIpc) is 0.780. The van der Waals surface area contributed by atoms with Crippen LogP contribution >= 0.6 is 69.6 Å². The number of ketones is 1. The number of aliphatic carboxylic acids is 2. The Hall–Kier alpha value is -5.77. The summed E-state index contributed by atoms with van der Waals surface area (Å²) in [5.41, 5.74) is 14.2. The number of Topliss-reactive ketones (excluding diaryl/α,β-unsaturated/α-hetero) is 1. The van der Waals surface area contributed by atoms with E-state index in [0.29, 0.717) is 147 Å². The van der Waals surface area contributed by atoms with Gasteiger partial charge in [0.1, 0.15) is 6.10 Å². The molecular formula is C84H115Cl6N7O25S3. The number of carbonyl (C=O) groups is 4. The van der Waals surface area contributed by atoms with Crippen molar-refractivity contribution in [2.24, 2.45) is 5.73 Å². The van der Waals surface area contributed by atoms with E-state index in [9.17, 15) is 54.6 Å². The molecule has 0 bridgehead atoms. The molecule has 3 heterocycles. The van der Waals surface area contributed by atoms with Gasteiger partial charge < -0.3 is 99.0 Å². The van der Waals surface area contributed by atoms with Crippen LogP contribution < -0.4 is 20.5 Å². The summed E-state index contributed by atoms with van der Waals surface area (Å²) >= 11 is 38.2. The second-order valence-electron chi connectivity index (χ2n) is 29.1. The Bertz CT molecular complexity index is 4730. The molecule has 0 radical (unpaired) electrons. The minimum Gasteiger partial charge on any atom is -0.479 e. The maximum atomic E-state index is 13.0. The van der Waals surface area contributed by atoms with Crippen LogP contribution in [0.2, 0.25) is 30.1 Å². The topological polar surface area (TPSA) is 447 Å². The van der Waals surface area contributed by atoms with Crippen LogP contribution in [-0.4, -0.2) is 310 Å². The Morgan fingerprint density at radius 3 is 1.13 bits per heavy atom. The fraction of sp³-hybridized carbons (Fsp3) is 0.524. The van der Waals surface area contributed by atoms with Crippen molar-refractivity contribution >= 4 is 123 Å². The highest BCUT2D eigenvalue weighted by Gasteiger charge is 2.34. The molecule has 3 aliphatic rings. The number of nitrogens with two attached hydrogens (primary N) is 1. The number of carboxylic acid groups (broad SMARTS) is 2. The second-order valence-corrected chi connectivity index (χ2v) is 37.3. The van der Waals surface area contributed by atoms with Gasteiger partial charge in [-0.05, 0) is 171 Å². The SMILES string of the molecule is CCOCCCS(=O)(=O)c1cccc(C2CN(C)Cc3c(Cl)cc(Cl)cc32)c1.CCOCCOCCCC(=O)[C@H](O)[C@H](O)C(=O)NCCOCCOCCOCCNS(=O)(=O)c1cccc(C2CN(C)Cc3c(Cl)cc(Cl)cc32)c1.CN1Cc2c(Cl)cc(Cl)cc2C(c2cccc(S(=O)(=O)NCCOCCOCCOCCN)c2)C1.O=C(O)[C@@H](O)[C@@H](O)C(=O)O. The van der Waals surface area contributed by atoms with Crippen molar-refractivity contribution in [2.75, 3.05) is 192 Å². The van der Waals surface area contributed by atoms with Gasteiger partial charge in [-0.25, -0.2) is 44.3 Å². The van der Waals surface area contributed by atoms with E-state index in [1.54, 1.807) is 66.7 Å². The standard InChI is InChI=1S/C35H51Cl2N3O11S.C24H33Cl2N3O5S.C21H25Cl2NO3S.C4H6O6/c1-3-47-14-15-48-11-5-8-32(41)33(42)34(43)35(44)38-9-12-49-16-18-51-19-17-50-13-10-39-52(45,46)27-7-4-6-25(20-27)29-23-40(2)24-30-28(29)21-26(36)22-31(30)37;1-29-16-22(21-14-19(25)15-24(26)23(21)17-29)18-3-2-4-20(13-18)35(30,31)28-6-8-33-10-12-34-11-9-32-7-5-27;1-3-27-8-5-9-28(25,26)17-7-4-6-15(10-17)19-13-24(2)14-20-18(19)11-16(22)12-21(20)23;5-1(3(7)8)2(6)4(9)10/h4,6-7,20-22,29,33-34,39,42-43H,3,5,8-19,23-24H2,1-2H3,(H,38,44);2-4,13-15,22,28H,5-12,16-17,27H2,1H3;4,6-7,10-12,19H,3,5,8-9,13-14H2,1-2H3;1-2,5-6H,(H,7,8)(H,9,10)/t29?,33-,34-;;;1-,2+/m0.../s1. The largest absolute Gasteiger partial charge is 0.479 e. The number of aliphatic hydroxyl groups excluding tert-OH is 4. The van der Waals surface area contributed by atoms with Gasteiger partial charge in [0, 0.05) is 146 Å². The van der Waals surface area contributed by atoms with Gasteiger partial charge in [0.2, 0.25) is 20.0 Å². The summed E-state index contributed by atoms with van der Waals surface area (Å²) in [5.74, 6) is -5.10. The molecule has 0 saturated carbocycles. The number of benzene rings is 6. The third-order valence-corrected chi connectivity index (χ3v) is 25.9. The number of amides is 1. The fourth-order valence-electron chi connectivity index (χ4n) is 13.4. The number of carboxylic acids is 2. The Labute approximate surface area is 761 Å². The summed E-state index contributed by atoms with van der Waals surface area (Å²) in [6.45, 7) is 15.4. The lowest BCUT2D eigenvalue weighted by Gasteiger charge is -2.33. The quantitative estimate of drug-likeness (QED) is 0.0164. The molecule has 6 aromatic rings.